The zero-order chi connectivity index (χ0) is 29.5. The molecular weight excluding hydrogens is 548 g/mol. The van der Waals surface area contributed by atoms with Gasteiger partial charge in [-0.2, -0.15) is 0 Å². The van der Waals surface area contributed by atoms with Crippen molar-refractivity contribution in [1.29, 1.82) is 0 Å². The monoisotopic (exact) mass is 572 g/mol. The molecule has 0 spiro atoms. The number of para-hydroxylation sites is 1. The van der Waals surface area contributed by atoms with Gasteiger partial charge in [0.15, 0.2) is 5.82 Å². The van der Waals surface area contributed by atoms with Crippen molar-refractivity contribution in [3.05, 3.63) is 146 Å². The highest BCUT2D eigenvalue weighted by Crippen LogP contribution is 2.43. The van der Waals surface area contributed by atoms with E-state index in [4.69, 9.17) is 14.4 Å². The van der Waals surface area contributed by atoms with Gasteiger partial charge < -0.3 is 4.42 Å². The van der Waals surface area contributed by atoms with Crippen molar-refractivity contribution in [3.8, 4) is 22.6 Å². The first-order valence-corrected chi connectivity index (χ1v) is 15.3. The Balaban J connectivity index is 1.29. The summed E-state index contributed by atoms with van der Waals surface area (Å²) in [4.78, 5) is 10.5. The number of nitrogens with zero attached hydrogens (tertiary/aromatic N) is 2. The standard InChI is InChI=1S/C42H24N2O/c1-2-11-26(12-3-1)41-39-28-13-5-4-10-25(28)19-22-35(39)43-42(44-41)27-18-20-30-32-21-23-37-40(33-16-8-9-17-36(33)45-37)38(32)31-15-7-6-14-29(31)34(30)24-27/h1-24H. The van der Waals surface area contributed by atoms with Crippen molar-refractivity contribution < 1.29 is 4.42 Å². The third-order valence-corrected chi connectivity index (χ3v) is 9.23. The first kappa shape index (κ1) is 24.4. The Morgan fingerprint density at radius 3 is 1.96 bits per heavy atom. The Morgan fingerprint density at radius 2 is 1.07 bits per heavy atom. The zero-order valence-electron chi connectivity index (χ0n) is 24.2. The van der Waals surface area contributed by atoms with E-state index >= 15 is 0 Å². The minimum atomic E-state index is 0.721. The molecular formula is C42H24N2O. The molecule has 0 fully saturated rings. The molecule has 3 nitrogen and oxygen atoms in total. The molecule has 2 aromatic heterocycles. The van der Waals surface area contributed by atoms with Crippen LogP contribution in [0.1, 0.15) is 0 Å². The molecule has 0 amide bonds. The molecule has 0 unspecified atom stereocenters. The molecule has 0 radical (unpaired) electrons. The van der Waals surface area contributed by atoms with Crippen LogP contribution in [0.4, 0.5) is 0 Å². The first-order valence-electron chi connectivity index (χ1n) is 15.3. The van der Waals surface area contributed by atoms with Crippen molar-refractivity contribution in [2.24, 2.45) is 0 Å². The quantitative estimate of drug-likeness (QED) is 0.193. The zero-order valence-corrected chi connectivity index (χ0v) is 24.2. The maximum absolute atomic E-state index is 6.29. The third kappa shape index (κ3) is 3.52. The van der Waals surface area contributed by atoms with Crippen molar-refractivity contribution in [2.75, 3.05) is 0 Å². The van der Waals surface area contributed by atoms with Gasteiger partial charge in [-0.05, 0) is 68.0 Å². The smallest absolute Gasteiger partial charge is 0.160 e. The van der Waals surface area contributed by atoms with E-state index in [1.165, 1.54) is 43.1 Å². The van der Waals surface area contributed by atoms with Crippen LogP contribution in [0.3, 0.4) is 0 Å². The van der Waals surface area contributed by atoms with Crippen LogP contribution >= 0.6 is 0 Å². The summed E-state index contributed by atoms with van der Waals surface area (Å²) in [5.41, 5.74) is 5.79. The Morgan fingerprint density at radius 1 is 0.378 bits per heavy atom. The van der Waals surface area contributed by atoms with Gasteiger partial charge in [-0.3, -0.25) is 0 Å². The lowest BCUT2D eigenvalue weighted by Crippen LogP contribution is -1.96. The lowest BCUT2D eigenvalue weighted by Gasteiger charge is -2.14. The molecule has 0 bridgehead atoms. The summed E-state index contributed by atoms with van der Waals surface area (Å²) in [6, 6.07) is 51.3. The molecule has 0 N–H and O–H groups in total. The Kier molecular flexibility index (Phi) is 5.00. The molecule has 10 aromatic rings. The van der Waals surface area contributed by atoms with Gasteiger partial charge in [-0.15, -0.1) is 0 Å². The Hall–Kier alpha value is -6.06. The van der Waals surface area contributed by atoms with Crippen LogP contribution in [0.2, 0.25) is 0 Å². The Labute approximate surface area is 258 Å². The summed E-state index contributed by atoms with van der Waals surface area (Å²) in [5, 5.41) is 13.0. The normalized spacial score (nSPS) is 12.0. The largest absolute Gasteiger partial charge is 0.456 e. The summed E-state index contributed by atoms with van der Waals surface area (Å²) < 4.78 is 6.29. The van der Waals surface area contributed by atoms with Gasteiger partial charge in [0.1, 0.15) is 11.2 Å². The fraction of sp³-hybridized carbons (Fsp3) is 0. The van der Waals surface area contributed by atoms with Crippen LogP contribution in [0.15, 0.2) is 150 Å². The van der Waals surface area contributed by atoms with Gasteiger partial charge in [-0.1, -0.05) is 115 Å². The highest BCUT2D eigenvalue weighted by molar-refractivity contribution is 6.34. The number of hydrogen-bond acceptors (Lipinski definition) is 3. The summed E-state index contributed by atoms with van der Waals surface area (Å²) >= 11 is 0. The molecule has 0 saturated heterocycles. The molecule has 45 heavy (non-hydrogen) atoms. The number of aromatic nitrogens is 2. The molecule has 3 heteroatoms. The van der Waals surface area contributed by atoms with E-state index in [-0.39, 0.29) is 0 Å². The molecule has 10 rings (SSSR count). The van der Waals surface area contributed by atoms with Crippen molar-refractivity contribution >= 4 is 75.9 Å². The second-order valence-electron chi connectivity index (χ2n) is 11.7. The second kappa shape index (κ2) is 9.22. The molecule has 0 aliphatic heterocycles. The minimum absolute atomic E-state index is 0.721. The topological polar surface area (TPSA) is 38.9 Å². The van der Waals surface area contributed by atoms with Gasteiger partial charge in [0.05, 0.1) is 11.2 Å². The molecule has 0 saturated carbocycles. The van der Waals surface area contributed by atoms with E-state index < -0.39 is 0 Å². The van der Waals surface area contributed by atoms with E-state index in [9.17, 15) is 0 Å². The highest BCUT2D eigenvalue weighted by atomic mass is 16.3. The number of benzene rings is 8. The van der Waals surface area contributed by atoms with E-state index in [0.29, 0.717) is 0 Å². The Bertz CT molecular complexity index is 2790. The van der Waals surface area contributed by atoms with E-state index in [0.717, 1.165) is 55.5 Å². The van der Waals surface area contributed by atoms with Crippen molar-refractivity contribution in [2.45, 2.75) is 0 Å². The summed E-state index contributed by atoms with van der Waals surface area (Å²) in [5.74, 6) is 0.721. The fourth-order valence-electron chi connectivity index (χ4n) is 7.23. The second-order valence-corrected chi connectivity index (χ2v) is 11.7. The molecule has 0 atom stereocenters. The summed E-state index contributed by atoms with van der Waals surface area (Å²) in [6.45, 7) is 0. The van der Waals surface area contributed by atoms with Crippen molar-refractivity contribution in [1.82, 2.24) is 9.97 Å². The van der Waals surface area contributed by atoms with E-state index in [2.05, 4.69) is 127 Å². The maximum Gasteiger partial charge on any atom is 0.160 e. The average molecular weight is 573 g/mol. The van der Waals surface area contributed by atoms with Gasteiger partial charge >= 0.3 is 0 Å². The lowest BCUT2D eigenvalue weighted by atomic mass is 9.91. The van der Waals surface area contributed by atoms with Gasteiger partial charge in [0.25, 0.3) is 0 Å². The van der Waals surface area contributed by atoms with Crippen LogP contribution in [0, 0.1) is 0 Å². The SMILES string of the molecule is c1ccc(-c2nc(-c3ccc4c(c3)c3ccccc3c3c4ccc4oc5ccccc5c43)nc3ccc4ccccc4c23)cc1. The van der Waals surface area contributed by atoms with Crippen LogP contribution in [-0.2, 0) is 0 Å². The van der Waals surface area contributed by atoms with Crippen LogP contribution in [0.5, 0.6) is 0 Å². The molecule has 208 valence electrons. The molecule has 2 heterocycles. The minimum Gasteiger partial charge on any atom is -0.456 e. The van der Waals surface area contributed by atoms with Crippen LogP contribution < -0.4 is 0 Å². The highest BCUT2D eigenvalue weighted by Gasteiger charge is 2.18. The predicted molar refractivity (Wildman–Crippen MR) is 188 cm³/mol. The van der Waals surface area contributed by atoms with E-state index in [1.54, 1.807) is 0 Å². The lowest BCUT2D eigenvalue weighted by molar-refractivity contribution is 0.669. The van der Waals surface area contributed by atoms with Crippen molar-refractivity contribution in [3.63, 3.8) is 0 Å². The summed E-state index contributed by atoms with van der Waals surface area (Å²) in [7, 11) is 0. The fourth-order valence-corrected chi connectivity index (χ4v) is 7.23. The van der Waals surface area contributed by atoms with Gasteiger partial charge in [0, 0.05) is 32.7 Å². The van der Waals surface area contributed by atoms with Crippen LogP contribution in [-0.4, -0.2) is 9.97 Å². The predicted octanol–water partition coefficient (Wildman–Crippen LogP) is 11.5. The number of furan rings is 1. The van der Waals surface area contributed by atoms with Gasteiger partial charge in [-0.25, -0.2) is 9.97 Å². The van der Waals surface area contributed by atoms with Crippen LogP contribution in [0.25, 0.3) is 98.6 Å². The number of hydrogen-bond donors (Lipinski definition) is 0. The maximum atomic E-state index is 6.29. The number of fused-ring (bicyclic) bond motifs is 13. The van der Waals surface area contributed by atoms with E-state index in [1.807, 2.05) is 18.2 Å². The van der Waals surface area contributed by atoms with Gasteiger partial charge in [0.2, 0.25) is 0 Å². The molecule has 0 aliphatic rings. The summed E-state index contributed by atoms with van der Waals surface area (Å²) in [6.07, 6.45) is 0. The first-order chi connectivity index (χ1) is 22.3. The molecule has 0 aliphatic carbocycles. The third-order valence-electron chi connectivity index (χ3n) is 9.23. The molecule has 8 aromatic carbocycles. The number of rotatable bonds is 2. The average Bonchev–Trinajstić information content (AvgIpc) is 3.50.